The van der Waals surface area contributed by atoms with Crippen LogP contribution in [0.15, 0.2) is 52.1 Å². The van der Waals surface area contributed by atoms with Crippen LogP contribution in [-0.2, 0) is 6.54 Å². The predicted octanol–water partition coefficient (Wildman–Crippen LogP) is 2.99. The van der Waals surface area contributed by atoms with Crippen molar-refractivity contribution in [2.45, 2.75) is 13.2 Å². The van der Waals surface area contributed by atoms with Gasteiger partial charge in [-0.05, 0) is 35.9 Å². The first-order valence-corrected chi connectivity index (χ1v) is 7.28. The molecule has 1 aromatic heterocycles. The van der Waals surface area contributed by atoms with Crippen LogP contribution in [0.3, 0.4) is 0 Å². The summed E-state index contributed by atoms with van der Waals surface area (Å²) in [5.74, 6) is 0.00293. The molecule has 2 aromatic carbocycles. The Kier molecular flexibility index (Phi) is 4.35. The zero-order valence-corrected chi connectivity index (χ0v) is 12.9. The van der Waals surface area contributed by atoms with Crippen LogP contribution in [0.2, 0.25) is 5.02 Å². The van der Waals surface area contributed by atoms with E-state index in [1.807, 2.05) is 0 Å². The van der Waals surface area contributed by atoms with Gasteiger partial charge in [-0.25, -0.2) is 4.79 Å². The number of fused-ring (bicyclic) bond motifs is 1. The number of nitrogens with one attached hydrogen (secondary N) is 1. The number of hydrogen-bond acceptors (Lipinski definition) is 3. The Morgan fingerprint density at radius 2 is 1.83 bits per heavy atom. The fourth-order valence-electron chi connectivity index (χ4n) is 2.33. The van der Waals surface area contributed by atoms with Crippen LogP contribution in [0.5, 0.6) is 5.75 Å². The lowest BCUT2D eigenvalue weighted by Crippen LogP contribution is -2.35. The van der Waals surface area contributed by atoms with Gasteiger partial charge in [0.25, 0.3) is 5.56 Å². The number of rotatable bonds is 4. The highest BCUT2D eigenvalue weighted by Gasteiger charge is 2.09. The Hall–Kier alpha value is -2.67. The van der Waals surface area contributed by atoms with E-state index in [1.165, 1.54) is 36.4 Å². The van der Waals surface area contributed by atoms with Crippen LogP contribution >= 0.6 is 11.6 Å². The lowest BCUT2D eigenvalue weighted by molar-refractivity contribution is -0.0498. The summed E-state index contributed by atoms with van der Waals surface area (Å²) in [6.45, 7) is -2.91. The normalized spacial score (nSPS) is 11.2. The highest BCUT2D eigenvalue weighted by molar-refractivity contribution is 6.31. The summed E-state index contributed by atoms with van der Waals surface area (Å²) in [5, 5.41) is 0.738. The molecule has 0 radical (unpaired) electrons. The molecule has 0 saturated carbocycles. The van der Waals surface area contributed by atoms with Gasteiger partial charge in [0.1, 0.15) is 5.75 Å². The molecule has 124 valence electrons. The third-order valence-corrected chi connectivity index (χ3v) is 3.67. The smallest absolute Gasteiger partial charge is 0.387 e. The first-order chi connectivity index (χ1) is 11.4. The van der Waals surface area contributed by atoms with Gasteiger partial charge in [0.15, 0.2) is 0 Å². The van der Waals surface area contributed by atoms with Crippen molar-refractivity contribution in [2.75, 3.05) is 0 Å². The van der Waals surface area contributed by atoms with Crippen LogP contribution < -0.4 is 16.0 Å². The van der Waals surface area contributed by atoms with Crippen molar-refractivity contribution >= 4 is 22.5 Å². The Morgan fingerprint density at radius 1 is 1.12 bits per heavy atom. The molecule has 8 heteroatoms. The molecule has 0 unspecified atom stereocenters. The lowest BCUT2D eigenvalue weighted by Gasteiger charge is -2.08. The maximum absolute atomic E-state index is 12.5. The summed E-state index contributed by atoms with van der Waals surface area (Å²) in [7, 11) is 0. The molecular weight excluding hydrogens is 342 g/mol. The Balaban J connectivity index is 1.97. The molecule has 0 spiro atoms. The van der Waals surface area contributed by atoms with E-state index in [4.69, 9.17) is 11.6 Å². The van der Waals surface area contributed by atoms with Crippen molar-refractivity contribution in [1.29, 1.82) is 0 Å². The average Bonchev–Trinajstić information content (AvgIpc) is 2.52. The fraction of sp³-hybridized carbons (Fsp3) is 0.125. The van der Waals surface area contributed by atoms with E-state index >= 15 is 0 Å². The van der Waals surface area contributed by atoms with E-state index < -0.39 is 17.9 Å². The lowest BCUT2D eigenvalue weighted by atomic mass is 10.2. The van der Waals surface area contributed by atoms with Crippen molar-refractivity contribution < 1.29 is 13.5 Å². The van der Waals surface area contributed by atoms with E-state index in [0.717, 1.165) is 4.57 Å². The first-order valence-electron chi connectivity index (χ1n) is 6.90. The molecule has 1 heterocycles. The minimum Gasteiger partial charge on any atom is -0.435 e. The van der Waals surface area contributed by atoms with E-state index in [-0.39, 0.29) is 12.3 Å². The van der Waals surface area contributed by atoms with Crippen molar-refractivity contribution in [3.8, 4) is 5.75 Å². The van der Waals surface area contributed by atoms with Crippen molar-refractivity contribution in [1.82, 2.24) is 9.55 Å². The Morgan fingerprint density at radius 3 is 2.50 bits per heavy atom. The van der Waals surface area contributed by atoms with Crippen molar-refractivity contribution in [2.24, 2.45) is 0 Å². The number of ether oxygens (including phenoxy) is 1. The Labute approximate surface area is 139 Å². The van der Waals surface area contributed by atoms with Gasteiger partial charge in [-0.15, -0.1) is 0 Å². The zero-order chi connectivity index (χ0) is 17.3. The summed E-state index contributed by atoms with van der Waals surface area (Å²) in [6, 6.07) is 10.3. The van der Waals surface area contributed by atoms with Gasteiger partial charge < -0.3 is 9.72 Å². The first kappa shape index (κ1) is 16.2. The molecule has 3 aromatic rings. The van der Waals surface area contributed by atoms with Gasteiger partial charge in [0.05, 0.1) is 17.4 Å². The monoisotopic (exact) mass is 352 g/mol. The minimum absolute atomic E-state index is 0.00168. The molecular formula is C16H11ClF2N2O3. The van der Waals surface area contributed by atoms with Gasteiger partial charge in [-0.2, -0.15) is 8.78 Å². The molecule has 0 aliphatic heterocycles. The van der Waals surface area contributed by atoms with Gasteiger partial charge in [-0.3, -0.25) is 9.36 Å². The molecule has 0 aliphatic carbocycles. The van der Waals surface area contributed by atoms with E-state index in [1.54, 1.807) is 6.07 Å². The molecule has 0 saturated heterocycles. The molecule has 3 rings (SSSR count). The van der Waals surface area contributed by atoms with Gasteiger partial charge in [-0.1, -0.05) is 23.7 Å². The van der Waals surface area contributed by atoms with Crippen LogP contribution in [-0.4, -0.2) is 16.2 Å². The number of alkyl halides is 2. The van der Waals surface area contributed by atoms with E-state index in [0.29, 0.717) is 21.5 Å². The van der Waals surface area contributed by atoms with E-state index in [2.05, 4.69) is 9.72 Å². The zero-order valence-electron chi connectivity index (χ0n) is 12.1. The van der Waals surface area contributed by atoms with Crippen LogP contribution in [0, 0.1) is 0 Å². The molecule has 1 N–H and O–H groups in total. The van der Waals surface area contributed by atoms with Gasteiger partial charge >= 0.3 is 12.3 Å². The molecule has 0 amide bonds. The van der Waals surface area contributed by atoms with Crippen molar-refractivity contribution in [3.05, 3.63) is 73.9 Å². The largest absolute Gasteiger partial charge is 0.435 e. The van der Waals surface area contributed by atoms with Crippen LogP contribution in [0.25, 0.3) is 10.9 Å². The molecule has 5 nitrogen and oxygen atoms in total. The second-order valence-electron chi connectivity index (χ2n) is 5.03. The molecule has 0 atom stereocenters. The Bertz CT molecular complexity index is 997. The highest BCUT2D eigenvalue weighted by atomic mass is 35.5. The molecule has 0 aliphatic rings. The second kappa shape index (κ2) is 6.45. The third kappa shape index (κ3) is 3.30. The highest BCUT2D eigenvalue weighted by Crippen LogP contribution is 2.16. The third-order valence-electron chi connectivity index (χ3n) is 3.43. The van der Waals surface area contributed by atoms with Gasteiger partial charge in [0, 0.05) is 5.02 Å². The topological polar surface area (TPSA) is 64.1 Å². The quantitative estimate of drug-likeness (QED) is 0.785. The van der Waals surface area contributed by atoms with Gasteiger partial charge in [0.2, 0.25) is 0 Å². The maximum atomic E-state index is 12.5. The molecule has 0 fully saturated rings. The number of benzene rings is 2. The minimum atomic E-state index is -2.91. The predicted molar refractivity (Wildman–Crippen MR) is 86.0 cm³/mol. The standard InChI is InChI=1S/C16H11ClF2N2O3/c17-10-3-6-12-13(7-10)20-16(23)21(14(12)22)8-9-1-4-11(5-2-9)24-15(18)19/h1-7,15H,8H2,(H,20,23). The summed E-state index contributed by atoms with van der Waals surface area (Å²) in [6.07, 6.45) is 0. The van der Waals surface area contributed by atoms with Crippen LogP contribution in [0.1, 0.15) is 5.56 Å². The number of H-pyrrole nitrogens is 1. The number of aromatic amines is 1. The number of aromatic nitrogens is 2. The second-order valence-corrected chi connectivity index (χ2v) is 5.47. The summed E-state index contributed by atoms with van der Waals surface area (Å²) in [4.78, 5) is 27.2. The maximum Gasteiger partial charge on any atom is 0.387 e. The fourth-order valence-corrected chi connectivity index (χ4v) is 2.50. The van der Waals surface area contributed by atoms with Crippen LogP contribution in [0.4, 0.5) is 8.78 Å². The number of hydrogen-bond donors (Lipinski definition) is 1. The number of nitrogens with zero attached hydrogens (tertiary/aromatic N) is 1. The molecule has 0 bridgehead atoms. The van der Waals surface area contributed by atoms with E-state index in [9.17, 15) is 18.4 Å². The van der Waals surface area contributed by atoms with Crippen molar-refractivity contribution in [3.63, 3.8) is 0 Å². The summed E-state index contributed by atoms with van der Waals surface area (Å²) >= 11 is 5.85. The SMILES string of the molecule is O=c1[nH]c2cc(Cl)ccc2c(=O)n1Cc1ccc(OC(F)F)cc1. The summed E-state index contributed by atoms with van der Waals surface area (Å²) < 4.78 is 29.5. The average molecular weight is 353 g/mol. The molecule has 24 heavy (non-hydrogen) atoms. The summed E-state index contributed by atoms with van der Waals surface area (Å²) in [5.41, 5.74) is -0.0899. The number of halogens is 3.